The van der Waals surface area contributed by atoms with E-state index in [1.54, 1.807) is 16.9 Å². The van der Waals surface area contributed by atoms with E-state index in [1.165, 1.54) is 6.07 Å². The summed E-state index contributed by atoms with van der Waals surface area (Å²) in [6.07, 6.45) is 1.55. The summed E-state index contributed by atoms with van der Waals surface area (Å²) in [7, 11) is 0. The fourth-order valence-electron chi connectivity index (χ4n) is 2.18. The third kappa shape index (κ3) is 3.51. The molecule has 0 aliphatic heterocycles. The highest BCUT2D eigenvalue weighted by Crippen LogP contribution is 2.19. The zero-order valence-corrected chi connectivity index (χ0v) is 13.9. The van der Waals surface area contributed by atoms with Gasteiger partial charge >= 0.3 is 0 Å². The topological polar surface area (TPSA) is 46.9 Å². The molecule has 0 bridgehead atoms. The van der Waals surface area contributed by atoms with Gasteiger partial charge in [-0.1, -0.05) is 34.1 Å². The maximum Gasteiger partial charge on any atom is 0.256 e. The van der Waals surface area contributed by atoms with Gasteiger partial charge in [0.15, 0.2) is 11.6 Å². The van der Waals surface area contributed by atoms with Gasteiger partial charge in [0.2, 0.25) is 0 Å². The van der Waals surface area contributed by atoms with Gasteiger partial charge in [-0.3, -0.25) is 4.79 Å². The van der Waals surface area contributed by atoms with Crippen molar-refractivity contribution in [3.63, 3.8) is 0 Å². The van der Waals surface area contributed by atoms with Gasteiger partial charge in [0.25, 0.3) is 5.91 Å². The van der Waals surface area contributed by atoms with E-state index in [4.69, 9.17) is 0 Å². The molecule has 3 rings (SSSR count). The normalized spacial score (nSPS) is 10.6. The van der Waals surface area contributed by atoms with Crippen molar-refractivity contribution in [2.24, 2.45) is 0 Å². The van der Waals surface area contributed by atoms with E-state index in [1.807, 2.05) is 24.3 Å². The fourth-order valence-corrected chi connectivity index (χ4v) is 2.59. The molecule has 1 amide bonds. The lowest BCUT2D eigenvalue weighted by Gasteiger charge is -2.10. The molecule has 0 fully saturated rings. The zero-order valence-electron chi connectivity index (χ0n) is 12.3. The quantitative estimate of drug-likeness (QED) is 0.723. The number of amides is 1. The molecule has 4 nitrogen and oxygen atoms in total. The largest absolute Gasteiger partial charge is 0.307 e. The van der Waals surface area contributed by atoms with E-state index in [0.29, 0.717) is 12.4 Å². The lowest BCUT2D eigenvalue weighted by atomic mass is 10.2. The smallest absolute Gasteiger partial charge is 0.256 e. The summed E-state index contributed by atoms with van der Waals surface area (Å²) in [6.45, 7) is 0.446. The first-order chi connectivity index (χ1) is 11.5. The highest BCUT2D eigenvalue weighted by atomic mass is 79.9. The van der Waals surface area contributed by atoms with Gasteiger partial charge in [-0.25, -0.2) is 13.5 Å². The van der Waals surface area contributed by atoms with Gasteiger partial charge in [-0.2, -0.15) is 5.10 Å². The molecule has 0 radical (unpaired) electrons. The molecule has 1 heterocycles. The predicted molar refractivity (Wildman–Crippen MR) is 89.8 cm³/mol. The van der Waals surface area contributed by atoms with E-state index in [0.717, 1.165) is 22.2 Å². The van der Waals surface area contributed by atoms with Gasteiger partial charge in [0.1, 0.15) is 5.82 Å². The Hall–Kier alpha value is -2.54. The molecule has 7 heteroatoms. The summed E-state index contributed by atoms with van der Waals surface area (Å²) in [4.78, 5) is 12.2. The molecule has 1 aromatic heterocycles. The highest BCUT2D eigenvalue weighted by Gasteiger charge is 2.13. The Labute approximate surface area is 145 Å². The maximum absolute atomic E-state index is 13.3. The van der Waals surface area contributed by atoms with E-state index in [9.17, 15) is 13.6 Å². The van der Waals surface area contributed by atoms with Gasteiger partial charge in [-0.15, -0.1) is 0 Å². The molecule has 0 unspecified atom stereocenters. The summed E-state index contributed by atoms with van der Waals surface area (Å²) in [6, 6.07) is 12.3. The van der Waals surface area contributed by atoms with Crippen LogP contribution in [0.5, 0.6) is 0 Å². The van der Waals surface area contributed by atoms with Crippen LogP contribution in [0.3, 0.4) is 0 Å². The minimum absolute atomic E-state index is 0.0301. The van der Waals surface area contributed by atoms with Crippen molar-refractivity contribution in [3.05, 3.63) is 82.0 Å². The van der Waals surface area contributed by atoms with Crippen LogP contribution in [0.1, 0.15) is 15.9 Å². The molecule has 0 spiro atoms. The second kappa shape index (κ2) is 6.92. The minimum Gasteiger partial charge on any atom is -0.307 e. The molecular formula is C17H12BrF2N3O. The molecule has 0 aliphatic carbocycles. The van der Waals surface area contributed by atoms with Crippen molar-refractivity contribution in [3.8, 4) is 0 Å². The van der Waals surface area contributed by atoms with Crippen LogP contribution in [0.4, 0.5) is 14.6 Å². The number of aromatic nitrogens is 2. The zero-order chi connectivity index (χ0) is 17.1. The number of carbonyl (C=O) groups excluding carboxylic acids is 1. The number of nitrogens with one attached hydrogen (secondary N) is 1. The third-order valence-corrected chi connectivity index (χ3v) is 4.19. The summed E-state index contributed by atoms with van der Waals surface area (Å²) < 4.78 is 28.7. The molecule has 0 atom stereocenters. The average molecular weight is 392 g/mol. The number of carbonyl (C=O) groups is 1. The Bertz CT molecular complexity index is 895. The number of benzene rings is 2. The van der Waals surface area contributed by atoms with Gasteiger partial charge in [-0.05, 0) is 29.8 Å². The van der Waals surface area contributed by atoms with Crippen molar-refractivity contribution >= 4 is 27.7 Å². The first-order valence-electron chi connectivity index (χ1n) is 7.06. The van der Waals surface area contributed by atoms with Crippen LogP contribution in [0, 0.1) is 11.6 Å². The molecule has 2 aromatic carbocycles. The average Bonchev–Trinajstić information content (AvgIpc) is 2.99. The molecule has 24 heavy (non-hydrogen) atoms. The molecule has 0 aliphatic rings. The van der Waals surface area contributed by atoms with Crippen molar-refractivity contribution in [2.75, 3.05) is 5.32 Å². The molecule has 0 saturated carbocycles. The van der Waals surface area contributed by atoms with Crippen LogP contribution in [0.2, 0.25) is 0 Å². The lowest BCUT2D eigenvalue weighted by molar-refractivity contribution is 0.102. The van der Waals surface area contributed by atoms with Gasteiger partial charge in [0.05, 0.1) is 12.7 Å². The van der Waals surface area contributed by atoms with Crippen LogP contribution in [-0.4, -0.2) is 15.7 Å². The number of hydrogen-bond acceptors (Lipinski definition) is 2. The second-order valence-corrected chi connectivity index (χ2v) is 5.90. The van der Waals surface area contributed by atoms with E-state index >= 15 is 0 Å². The molecular weight excluding hydrogens is 380 g/mol. The Morgan fingerprint density at radius 1 is 1.12 bits per heavy atom. The molecule has 0 saturated heterocycles. The van der Waals surface area contributed by atoms with Crippen LogP contribution < -0.4 is 5.32 Å². The van der Waals surface area contributed by atoms with Crippen molar-refractivity contribution < 1.29 is 13.6 Å². The number of anilines is 1. The first kappa shape index (κ1) is 16.3. The number of rotatable bonds is 4. The van der Waals surface area contributed by atoms with Crippen LogP contribution in [-0.2, 0) is 6.54 Å². The van der Waals surface area contributed by atoms with Crippen LogP contribution in [0.15, 0.2) is 59.2 Å². The summed E-state index contributed by atoms with van der Waals surface area (Å²) >= 11 is 3.46. The Morgan fingerprint density at radius 3 is 2.67 bits per heavy atom. The summed E-state index contributed by atoms with van der Waals surface area (Å²) in [5.74, 6) is -2.14. The second-order valence-electron chi connectivity index (χ2n) is 5.05. The van der Waals surface area contributed by atoms with Crippen molar-refractivity contribution in [2.45, 2.75) is 6.54 Å². The van der Waals surface area contributed by atoms with E-state index < -0.39 is 17.5 Å². The monoisotopic (exact) mass is 391 g/mol. The van der Waals surface area contributed by atoms with Crippen LogP contribution >= 0.6 is 15.9 Å². The molecule has 122 valence electrons. The molecule has 1 N–H and O–H groups in total. The molecule has 3 aromatic rings. The first-order valence-corrected chi connectivity index (χ1v) is 7.85. The van der Waals surface area contributed by atoms with E-state index in [2.05, 4.69) is 26.3 Å². The van der Waals surface area contributed by atoms with Crippen LogP contribution in [0.25, 0.3) is 0 Å². The van der Waals surface area contributed by atoms with Gasteiger partial charge < -0.3 is 5.32 Å². The summed E-state index contributed by atoms with van der Waals surface area (Å²) in [5.41, 5.74) is 1.02. The van der Waals surface area contributed by atoms with Gasteiger partial charge in [0, 0.05) is 16.1 Å². The minimum atomic E-state index is -1.07. The van der Waals surface area contributed by atoms with Crippen molar-refractivity contribution in [1.82, 2.24) is 9.78 Å². The Balaban J connectivity index is 1.79. The Morgan fingerprint density at radius 2 is 1.92 bits per heavy atom. The number of halogens is 3. The summed E-state index contributed by atoms with van der Waals surface area (Å²) in [5, 5.41) is 6.83. The van der Waals surface area contributed by atoms with Crippen molar-refractivity contribution in [1.29, 1.82) is 0 Å². The highest BCUT2D eigenvalue weighted by molar-refractivity contribution is 9.10. The van der Waals surface area contributed by atoms with E-state index in [-0.39, 0.29) is 5.56 Å². The number of hydrogen-bond donors (Lipinski definition) is 1. The third-order valence-electron chi connectivity index (χ3n) is 3.42. The standard InChI is InChI=1S/C17H12BrF2N3O/c18-13-4-2-1-3-12(13)10-23-16(7-8-21-23)22-17(24)11-5-6-14(19)15(20)9-11/h1-9H,10H2,(H,22,24). The Kier molecular flexibility index (Phi) is 4.71. The predicted octanol–water partition coefficient (Wildman–Crippen LogP) is 4.22. The lowest BCUT2D eigenvalue weighted by Crippen LogP contribution is -2.16. The SMILES string of the molecule is O=C(Nc1ccnn1Cc1ccccc1Br)c1ccc(F)c(F)c1. The fraction of sp³-hybridized carbons (Fsp3) is 0.0588. The maximum atomic E-state index is 13.3. The number of nitrogens with zero attached hydrogens (tertiary/aromatic N) is 2.